The summed E-state index contributed by atoms with van der Waals surface area (Å²) in [4.78, 5) is 36.5. The van der Waals surface area contributed by atoms with Gasteiger partial charge in [-0.05, 0) is 45.1 Å². The predicted molar refractivity (Wildman–Crippen MR) is 86.8 cm³/mol. The van der Waals surface area contributed by atoms with Gasteiger partial charge in [-0.15, -0.1) is 11.3 Å². The van der Waals surface area contributed by atoms with Crippen molar-refractivity contribution in [2.24, 2.45) is 0 Å². The Labute approximate surface area is 139 Å². The minimum Gasteiger partial charge on any atom is -0.462 e. The average molecular weight is 339 g/mol. The van der Waals surface area contributed by atoms with Gasteiger partial charge in [0.25, 0.3) is 5.91 Å². The topological polar surface area (TPSA) is 81.7 Å². The van der Waals surface area contributed by atoms with Crippen LogP contribution < -0.4 is 5.32 Å². The molecule has 1 heterocycles. The maximum atomic E-state index is 12.3. The Morgan fingerprint density at radius 3 is 2.61 bits per heavy atom. The summed E-state index contributed by atoms with van der Waals surface area (Å²) in [6.45, 7) is 4.77. The first-order chi connectivity index (χ1) is 10.9. The number of carbonyl (C=O) groups is 3. The highest BCUT2D eigenvalue weighted by Crippen LogP contribution is 2.38. The third-order valence-electron chi connectivity index (χ3n) is 3.60. The molecule has 1 atom stereocenters. The van der Waals surface area contributed by atoms with Gasteiger partial charge < -0.3 is 14.8 Å². The number of carbonyl (C=O) groups excluding carboxylic acids is 3. The second-order valence-corrected chi connectivity index (χ2v) is 6.48. The molecule has 0 aliphatic heterocycles. The minimum atomic E-state index is -0.915. The van der Waals surface area contributed by atoms with E-state index in [1.54, 1.807) is 6.92 Å². The van der Waals surface area contributed by atoms with Gasteiger partial charge in [0.2, 0.25) is 0 Å². The molecule has 0 unspecified atom stereocenters. The summed E-state index contributed by atoms with van der Waals surface area (Å²) >= 11 is 1.41. The van der Waals surface area contributed by atoms with Crippen molar-refractivity contribution in [3.05, 3.63) is 16.0 Å². The van der Waals surface area contributed by atoms with E-state index in [9.17, 15) is 14.4 Å². The normalized spacial score (nSPS) is 14.6. The molecule has 23 heavy (non-hydrogen) atoms. The number of fused-ring (bicyclic) bond motifs is 1. The van der Waals surface area contributed by atoms with Crippen molar-refractivity contribution in [2.75, 3.05) is 11.9 Å². The van der Waals surface area contributed by atoms with E-state index in [-0.39, 0.29) is 6.61 Å². The van der Waals surface area contributed by atoms with Crippen molar-refractivity contribution in [1.82, 2.24) is 0 Å². The molecule has 0 bridgehead atoms. The molecule has 1 aliphatic carbocycles. The van der Waals surface area contributed by atoms with Gasteiger partial charge in [-0.25, -0.2) is 4.79 Å². The van der Waals surface area contributed by atoms with Crippen LogP contribution in [0.3, 0.4) is 0 Å². The van der Waals surface area contributed by atoms with Gasteiger partial charge in [0.05, 0.1) is 12.2 Å². The first-order valence-corrected chi connectivity index (χ1v) is 8.55. The van der Waals surface area contributed by atoms with Crippen LogP contribution >= 0.6 is 11.3 Å². The van der Waals surface area contributed by atoms with Crippen LogP contribution in [0.25, 0.3) is 0 Å². The highest BCUT2D eigenvalue weighted by Gasteiger charge is 2.28. The van der Waals surface area contributed by atoms with E-state index in [4.69, 9.17) is 9.47 Å². The fourth-order valence-electron chi connectivity index (χ4n) is 2.59. The number of rotatable bonds is 5. The van der Waals surface area contributed by atoms with Crippen LogP contribution in [0.4, 0.5) is 5.00 Å². The fraction of sp³-hybridized carbons (Fsp3) is 0.562. The lowest BCUT2D eigenvalue weighted by Crippen LogP contribution is -2.29. The van der Waals surface area contributed by atoms with E-state index in [0.717, 1.165) is 36.1 Å². The Morgan fingerprint density at radius 2 is 1.96 bits per heavy atom. The van der Waals surface area contributed by atoms with E-state index in [0.29, 0.717) is 10.6 Å². The molecule has 1 aromatic heterocycles. The quantitative estimate of drug-likeness (QED) is 0.834. The molecular weight excluding hydrogens is 318 g/mol. The monoisotopic (exact) mass is 339 g/mol. The van der Waals surface area contributed by atoms with Gasteiger partial charge in [-0.1, -0.05) is 0 Å². The number of ether oxygens (including phenoxy) is 2. The van der Waals surface area contributed by atoms with Gasteiger partial charge >= 0.3 is 11.9 Å². The van der Waals surface area contributed by atoms with E-state index in [2.05, 4.69) is 5.32 Å². The Balaban J connectivity index is 2.26. The van der Waals surface area contributed by atoms with Gasteiger partial charge in [-0.2, -0.15) is 0 Å². The molecule has 0 saturated heterocycles. The summed E-state index contributed by atoms with van der Waals surface area (Å²) in [6, 6.07) is 0. The van der Waals surface area contributed by atoms with Crippen molar-refractivity contribution >= 4 is 34.2 Å². The van der Waals surface area contributed by atoms with Crippen LogP contribution in [0.1, 0.15) is 54.4 Å². The first-order valence-electron chi connectivity index (χ1n) is 7.73. The van der Waals surface area contributed by atoms with Crippen LogP contribution in [0.5, 0.6) is 0 Å². The first kappa shape index (κ1) is 17.5. The molecule has 1 aromatic rings. The number of amides is 1. The number of hydrogen-bond donors (Lipinski definition) is 1. The van der Waals surface area contributed by atoms with E-state index in [1.165, 1.54) is 25.2 Å². The average Bonchev–Trinajstić information content (AvgIpc) is 2.84. The number of anilines is 1. The number of aryl methyl sites for hydroxylation is 1. The van der Waals surface area contributed by atoms with E-state index < -0.39 is 23.9 Å². The van der Waals surface area contributed by atoms with Crippen LogP contribution in [0.15, 0.2) is 0 Å². The van der Waals surface area contributed by atoms with Crippen LogP contribution in [0.2, 0.25) is 0 Å². The van der Waals surface area contributed by atoms with Gasteiger partial charge in [0.1, 0.15) is 5.00 Å². The number of thiophene rings is 1. The summed E-state index contributed by atoms with van der Waals surface area (Å²) in [6.07, 6.45) is 2.90. The smallest absolute Gasteiger partial charge is 0.341 e. The third kappa shape index (κ3) is 4.10. The molecule has 7 heteroatoms. The Morgan fingerprint density at radius 1 is 1.26 bits per heavy atom. The molecular formula is C16H21NO5S. The van der Waals surface area contributed by atoms with E-state index >= 15 is 0 Å². The molecule has 0 fully saturated rings. The molecule has 1 amide bonds. The molecule has 126 valence electrons. The lowest BCUT2D eigenvalue weighted by molar-refractivity contribution is -0.150. The Kier molecular flexibility index (Phi) is 5.76. The van der Waals surface area contributed by atoms with Gasteiger partial charge in [0.15, 0.2) is 6.10 Å². The SMILES string of the molecule is CCOC(=O)c1c(NC(=O)[C@H](C)OC(C)=O)sc2c1CCCC2. The van der Waals surface area contributed by atoms with Crippen LogP contribution in [-0.4, -0.2) is 30.6 Å². The summed E-state index contributed by atoms with van der Waals surface area (Å²) in [5, 5.41) is 3.20. The number of hydrogen-bond acceptors (Lipinski definition) is 6. The lowest BCUT2D eigenvalue weighted by atomic mass is 9.95. The lowest BCUT2D eigenvalue weighted by Gasteiger charge is -2.13. The molecule has 1 aliphatic rings. The van der Waals surface area contributed by atoms with Crippen molar-refractivity contribution in [3.63, 3.8) is 0 Å². The van der Waals surface area contributed by atoms with Crippen LogP contribution in [-0.2, 0) is 31.9 Å². The molecule has 0 saturated carbocycles. The molecule has 2 rings (SSSR count). The highest BCUT2D eigenvalue weighted by atomic mass is 32.1. The van der Waals surface area contributed by atoms with Gasteiger partial charge in [0, 0.05) is 11.8 Å². The summed E-state index contributed by atoms with van der Waals surface area (Å²) < 4.78 is 10.0. The summed E-state index contributed by atoms with van der Waals surface area (Å²) in [5.41, 5.74) is 1.44. The van der Waals surface area contributed by atoms with Crippen molar-refractivity contribution in [3.8, 4) is 0 Å². The van der Waals surface area contributed by atoms with Gasteiger partial charge in [-0.3, -0.25) is 9.59 Å². The zero-order valence-electron chi connectivity index (χ0n) is 13.6. The standard InChI is InChI=1S/C16H21NO5S/c1-4-21-16(20)13-11-7-5-6-8-12(11)23-15(13)17-14(19)9(2)22-10(3)18/h9H,4-8H2,1-3H3,(H,17,19)/t9-/m0/s1. The Hall–Kier alpha value is -1.89. The van der Waals surface area contributed by atoms with Crippen molar-refractivity contribution in [1.29, 1.82) is 0 Å². The summed E-state index contributed by atoms with van der Waals surface area (Å²) in [7, 11) is 0. The zero-order chi connectivity index (χ0) is 17.0. The highest BCUT2D eigenvalue weighted by molar-refractivity contribution is 7.17. The van der Waals surface area contributed by atoms with E-state index in [1.807, 2.05) is 0 Å². The third-order valence-corrected chi connectivity index (χ3v) is 4.81. The molecule has 0 spiro atoms. The molecule has 1 N–H and O–H groups in total. The molecule has 0 radical (unpaired) electrons. The molecule has 0 aromatic carbocycles. The number of esters is 2. The second kappa shape index (κ2) is 7.59. The van der Waals surface area contributed by atoms with Crippen molar-refractivity contribution < 1.29 is 23.9 Å². The maximum Gasteiger partial charge on any atom is 0.341 e. The summed E-state index contributed by atoms with van der Waals surface area (Å²) in [5.74, 6) is -1.39. The zero-order valence-corrected chi connectivity index (χ0v) is 14.4. The largest absolute Gasteiger partial charge is 0.462 e. The predicted octanol–water partition coefficient (Wildman–Crippen LogP) is 2.69. The Bertz CT molecular complexity index is 622. The number of nitrogens with one attached hydrogen (secondary N) is 1. The fourth-order valence-corrected chi connectivity index (χ4v) is 3.87. The molecule has 6 nitrogen and oxygen atoms in total. The minimum absolute atomic E-state index is 0.278. The van der Waals surface area contributed by atoms with Crippen molar-refractivity contribution in [2.45, 2.75) is 52.6 Å². The van der Waals surface area contributed by atoms with Crippen LogP contribution in [0, 0.1) is 0 Å². The maximum absolute atomic E-state index is 12.3. The second-order valence-electron chi connectivity index (χ2n) is 5.38.